The lowest BCUT2D eigenvalue weighted by atomic mass is 9.84. The van der Waals surface area contributed by atoms with Gasteiger partial charge in [0.25, 0.3) is 0 Å². The van der Waals surface area contributed by atoms with Crippen LogP contribution in [0.25, 0.3) is 6.08 Å². The zero-order valence-electron chi connectivity index (χ0n) is 15.3. The molecule has 0 saturated heterocycles. The van der Waals surface area contributed by atoms with E-state index in [1.54, 1.807) is 5.56 Å². The zero-order valence-corrected chi connectivity index (χ0v) is 15.3. The monoisotopic (exact) mass is 317 g/mol. The van der Waals surface area contributed by atoms with Crippen molar-refractivity contribution in [2.45, 2.75) is 46.6 Å². The summed E-state index contributed by atoms with van der Waals surface area (Å²) in [5.74, 6) is 0.690. The third-order valence-electron chi connectivity index (χ3n) is 5.47. The van der Waals surface area contributed by atoms with Gasteiger partial charge < -0.3 is 4.90 Å². The zero-order chi connectivity index (χ0) is 16.8. The third kappa shape index (κ3) is 2.47. The molecule has 2 aliphatic heterocycles. The van der Waals surface area contributed by atoms with Crippen LogP contribution in [0, 0.1) is 19.8 Å². The number of benzene rings is 2. The smallest absolute Gasteiger partial charge is 0.0733 e. The van der Waals surface area contributed by atoms with Crippen LogP contribution in [0.1, 0.15) is 53.3 Å². The molecule has 0 spiro atoms. The van der Waals surface area contributed by atoms with Crippen LogP contribution in [0.5, 0.6) is 0 Å². The van der Waals surface area contributed by atoms with Crippen molar-refractivity contribution in [3.63, 3.8) is 0 Å². The SMILES string of the molecule is Cc1cc(C)c2c(c1)C1C=Cc3c(CC(C)C)cccc3N1CC2. The second kappa shape index (κ2) is 5.81. The summed E-state index contributed by atoms with van der Waals surface area (Å²) in [5.41, 5.74) is 10.3. The predicted octanol–water partition coefficient (Wildman–Crippen LogP) is 5.63. The fourth-order valence-electron chi connectivity index (χ4n) is 4.50. The van der Waals surface area contributed by atoms with E-state index in [1.807, 2.05) is 0 Å². The average Bonchev–Trinajstić information content (AvgIpc) is 2.54. The summed E-state index contributed by atoms with van der Waals surface area (Å²) < 4.78 is 0. The maximum atomic E-state index is 2.61. The minimum Gasteiger partial charge on any atom is -0.360 e. The lowest BCUT2D eigenvalue weighted by Crippen LogP contribution is -2.37. The topological polar surface area (TPSA) is 3.24 Å². The van der Waals surface area contributed by atoms with E-state index in [4.69, 9.17) is 0 Å². The minimum atomic E-state index is 0.397. The Labute approximate surface area is 146 Å². The number of aryl methyl sites for hydroxylation is 2. The van der Waals surface area contributed by atoms with E-state index < -0.39 is 0 Å². The lowest BCUT2D eigenvalue weighted by Gasteiger charge is -2.41. The van der Waals surface area contributed by atoms with E-state index in [0.29, 0.717) is 12.0 Å². The van der Waals surface area contributed by atoms with Gasteiger partial charge in [0.2, 0.25) is 0 Å². The Hall–Kier alpha value is -2.02. The number of hydrogen-bond donors (Lipinski definition) is 0. The van der Waals surface area contributed by atoms with E-state index >= 15 is 0 Å². The summed E-state index contributed by atoms with van der Waals surface area (Å²) in [4.78, 5) is 2.61. The molecule has 0 N–H and O–H groups in total. The molecule has 0 saturated carbocycles. The summed E-state index contributed by atoms with van der Waals surface area (Å²) in [6.45, 7) is 10.2. The standard InChI is InChI=1S/C23H27N/c1-15(2)12-18-6-5-7-22-20(18)8-9-23-21-14-16(3)13-17(4)19(21)10-11-24(22)23/h5-9,13-15,23H,10-12H2,1-4H3. The molecule has 1 unspecified atom stereocenters. The van der Waals surface area contributed by atoms with E-state index in [1.165, 1.54) is 33.5 Å². The van der Waals surface area contributed by atoms with Gasteiger partial charge in [-0.15, -0.1) is 0 Å². The predicted molar refractivity (Wildman–Crippen MR) is 104 cm³/mol. The highest BCUT2D eigenvalue weighted by atomic mass is 15.2. The minimum absolute atomic E-state index is 0.397. The van der Waals surface area contributed by atoms with Crippen molar-refractivity contribution in [2.24, 2.45) is 5.92 Å². The average molecular weight is 317 g/mol. The van der Waals surface area contributed by atoms with E-state index in [2.05, 4.69) is 75.1 Å². The molecule has 124 valence electrons. The Morgan fingerprint density at radius 3 is 2.79 bits per heavy atom. The van der Waals surface area contributed by atoms with Gasteiger partial charge in [-0.1, -0.05) is 55.8 Å². The molecule has 0 bridgehead atoms. The Morgan fingerprint density at radius 1 is 1.17 bits per heavy atom. The van der Waals surface area contributed by atoms with Crippen molar-refractivity contribution in [1.29, 1.82) is 0 Å². The van der Waals surface area contributed by atoms with Crippen molar-refractivity contribution in [3.05, 3.63) is 69.8 Å². The van der Waals surface area contributed by atoms with E-state index in [9.17, 15) is 0 Å². The molecule has 2 aliphatic rings. The summed E-state index contributed by atoms with van der Waals surface area (Å²) >= 11 is 0. The number of fused-ring (bicyclic) bond motifs is 5. The molecule has 2 aromatic rings. The molecule has 2 aromatic carbocycles. The number of hydrogen-bond acceptors (Lipinski definition) is 1. The van der Waals surface area contributed by atoms with Gasteiger partial charge in [-0.05, 0) is 60.9 Å². The number of anilines is 1. The van der Waals surface area contributed by atoms with Gasteiger partial charge in [0.1, 0.15) is 0 Å². The van der Waals surface area contributed by atoms with Gasteiger partial charge in [0, 0.05) is 17.8 Å². The molecular weight excluding hydrogens is 290 g/mol. The molecular formula is C23H27N. The summed E-state index contributed by atoms with van der Waals surface area (Å²) in [6, 6.07) is 12.0. The van der Waals surface area contributed by atoms with Gasteiger partial charge in [0.05, 0.1) is 6.04 Å². The highest BCUT2D eigenvalue weighted by Crippen LogP contribution is 2.42. The van der Waals surface area contributed by atoms with Crippen molar-refractivity contribution in [2.75, 3.05) is 11.4 Å². The number of nitrogens with zero attached hydrogens (tertiary/aromatic N) is 1. The Bertz CT molecular complexity index is 813. The first-order valence-electron chi connectivity index (χ1n) is 9.21. The van der Waals surface area contributed by atoms with Gasteiger partial charge >= 0.3 is 0 Å². The first kappa shape index (κ1) is 15.5. The van der Waals surface area contributed by atoms with Crippen LogP contribution < -0.4 is 4.90 Å². The second-order valence-electron chi connectivity index (χ2n) is 7.84. The molecule has 1 atom stereocenters. The molecule has 0 aromatic heterocycles. The van der Waals surface area contributed by atoms with Crippen molar-refractivity contribution >= 4 is 11.8 Å². The summed E-state index contributed by atoms with van der Waals surface area (Å²) in [5, 5.41) is 0. The highest BCUT2D eigenvalue weighted by Gasteiger charge is 2.30. The Morgan fingerprint density at radius 2 is 2.00 bits per heavy atom. The van der Waals surface area contributed by atoms with E-state index in [0.717, 1.165) is 19.4 Å². The first-order valence-corrected chi connectivity index (χ1v) is 9.21. The molecule has 0 radical (unpaired) electrons. The van der Waals surface area contributed by atoms with Crippen molar-refractivity contribution in [1.82, 2.24) is 0 Å². The normalized spacial score (nSPS) is 18.4. The maximum absolute atomic E-state index is 2.61. The van der Waals surface area contributed by atoms with Gasteiger partial charge in [0.15, 0.2) is 0 Å². The fourth-order valence-corrected chi connectivity index (χ4v) is 4.50. The number of rotatable bonds is 2. The van der Waals surface area contributed by atoms with Crippen LogP contribution in [-0.4, -0.2) is 6.54 Å². The molecule has 1 heteroatoms. The molecule has 0 amide bonds. The molecule has 24 heavy (non-hydrogen) atoms. The molecule has 1 nitrogen and oxygen atoms in total. The second-order valence-corrected chi connectivity index (χ2v) is 7.84. The third-order valence-corrected chi connectivity index (χ3v) is 5.47. The lowest BCUT2D eigenvalue weighted by molar-refractivity contribution is 0.639. The van der Waals surface area contributed by atoms with Crippen LogP contribution >= 0.6 is 0 Å². The molecule has 0 aliphatic carbocycles. The Kier molecular flexibility index (Phi) is 3.75. The maximum Gasteiger partial charge on any atom is 0.0733 e. The fraction of sp³-hybridized carbons (Fsp3) is 0.391. The van der Waals surface area contributed by atoms with Gasteiger partial charge in [-0.3, -0.25) is 0 Å². The van der Waals surface area contributed by atoms with Crippen molar-refractivity contribution < 1.29 is 0 Å². The van der Waals surface area contributed by atoms with Crippen LogP contribution in [0.2, 0.25) is 0 Å². The quantitative estimate of drug-likeness (QED) is 0.693. The van der Waals surface area contributed by atoms with E-state index in [-0.39, 0.29) is 0 Å². The Balaban J connectivity index is 1.81. The van der Waals surface area contributed by atoms with Crippen LogP contribution in [0.3, 0.4) is 0 Å². The highest BCUT2D eigenvalue weighted by molar-refractivity contribution is 5.76. The summed E-state index contributed by atoms with van der Waals surface area (Å²) in [7, 11) is 0. The first-order chi connectivity index (χ1) is 11.5. The van der Waals surface area contributed by atoms with Crippen LogP contribution in [0.4, 0.5) is 5.69 Å². The van der Waals surface area contributed by atoms with Crippen LogP contribution in [-0.2, 0) is 12.8 Å². The molecule has 2 heterocycles. The molecule has 4 rings (SSSR count). The largest absolute Gasteiger partial charge is 0.360 e. The van der Waals surface area contributed by atoms with Gasteiger partial charge in [-0.25, -0.2) is 0 Å². The molecule has 0 fully saturated rings. The van der Waals surface area contributed by atoms with Crippen LogP contribution in [0.15, 0.2) is 36.4 Å². The summed E-state index contributed by atoms with van der Waals surface area (Å²) in [6.07, 6.45) is 7.10. The van der Waals surface area contributed by atoms with Crippen molar-refractivity contribution in [3.8, 4) is 0 Å². The van der Waals surface area contributed by atoms with Gasteiger partial charge in [-0.2, -0.15) is 0 Å².